The topological polar surface area (TPSA) is 114 Å². The first-order valence-corrected chi connectivity index (χ1v) is 14.7. The molecule has 0 spiro atoms. The van der Waals surface area contributed by atoms with E-state index in [9.17, 15) is 18.0 Å². The molecule has 3 rings (SSSR count). The number of carbonyl (C=O) groups excluding carboxylic acids is 1. The maximum Gasteiger partial charge on any atom is 0.389 e. The highest BCUT2D eigenvalue weighted by molar-refractivity contribution is 5.84. The number of fused-ring (bicyclic) bond motifs is 1. The van der Waals surface area contributed by atoms with E-state index in [1.54, 1.807) is 52.8 Å². The molecule has 0 aliphatic heterocycles. The van der Waals surface area contributed by atoms with Crippen LogP contribution in [0.1, 0.15) is 79.6 Å². The van der Waals surface area contributed by atoms with E-state index in [0.29, 0.717) is 23.5 Å². The summed E-state index contributed by atoms with van der Waals surface area (Å²) in [5.41, 5.74) is 11.5. The molecule has 43 heavy (non-hydrogen) atoms. The lowest BCUT2D eigenvalue weighted by atomic mass is 9.68. The summed E-state index contributed by atoms with van der Waals surface area (Å²) in [7, 11) is 0. The lowest BCUT2D eigenvalue weighted by Crippen LogP contribution is -2.59. The minimum atomic E-state index is -4.51. The number of nitrogens with two attached hydrogens (primary N) is 2. The number of furan rings is 1. The van der Waals surface area contributed by atoms with Crippen LogP contribution in [0.2, 0.25) is 0 Å². The minimum Gasteiger partial charge on any atom is -0.493 e. The van der Waals surface area contributed by atoms with E-state index < -0.39 is 47.1 Å². The average molecular weight is 606 g/mol. The predicted octanol–water partition coefficient (Wildman–Crippen LogP) is 7.37. The second kappa shape index (κ2) is 12.5. The Morgan fingerprint density at radius 3 is 2.16 bits per heavy atom. The summed E-state index contributed by atoms with van der Waals surface area (Å²) in [5, 5.41) is 0.823. The Kier molecular flexibility index (Phi) is 9.98. The summed E-state index contributed by atoms with van der Waals surface area (Å²) in [6.45, 7) is 13.1. The van der Waals surface area contributed by atoms with Crippen LogP contribution in [0, 0.1) is 10.8 Å². The van der Waals surface area contributed by atoms with Crippen molar-refractivity contribution in [3.05, 3.63) is 47.8 Å². The number of aryl methyl sites for hydroxylation is 2. The van der Waals surface area contributed by atoms with Crippen molar-refractivity contribution in [1.29, 1.82) is 0 Å². The van der Waals surface area contributed by atoms with Gasteiger partial charge in [-0.2, -0.15) is 13.2 Å². The van der Waals surface area contributed by atoms with Crippen LogP contribution in [0.3, 0.4) is 0 Å². The summed E-state index contributed by atoms with van der Waals surface area (Å²) >= 11 is 0. The lowest BCUT2D eigenvalue weighted by Gasteiger charge is -2.43. The van der Waals surface area contributed by atoms with Crippen molar-refractivity contribution in [2.24, 2.45) is 22.3 Å². The number of pyridine rings is 1. The Hall–Kier alpha value is -3.11. The largest absolute Gasteiger partial charge is 0.493 e. The van der Waals surface area contributed by atoms with E-state index in [2.05, 4.69) is 0 Å². The van der Waals surface area contributed by atoms with Gasteiger partial charge in [-0.1, -0.05) is 20.8 Å². The number of hydrogen-bond donors (Lipinski definition) is 2. The van der Waals surface area contributed by atoms with Crippen molar-refractivity contribution in [3.8, 4) is 17.1 Å². The Labute approximate surface area is 252 Å². The number of rotatable bonds is 13. The average Bonchev–Trinajstić information content (AvgIpc) is 3.31. The van der Waals surface area contributed by atoms with Crippen LogP contribution in [-0.4, -0.2) is 41.4 Å². The second-order valence-electron chi connectivity index (χ2n) is 13.5. The van der Waals surface area contributed by atoms with E-state index in [-0.39, 0.29) is 6.61 Å². The van der Waals surface area contributed by atoms with Crippen LogP contribution in [0.5, 0.6) is 5.75 Å². The number of alkyl halides is 3. The van der Waals surface area contributed by atoms with Crippen molar-refractivity contribution in [2.45, 2.75) is 98.3 Å². The van der Waals surface area contributed by atoms with Crippen LogP contribution in [-0.2, 0) is 22.4 Å². The molecule has 3 aromatic rings. The molecule has 0 bridgehead atoms. The molecule has 4 N–H and O–H groups in total. The molecule has 0 saturated carbocycles. The van der Waals surface area contributed by atoms with E-state index in [0.717, 1.165) is 35.2 Å². The first kappa shape index (κ1) is 34.4. The Morgan fingerprint density at radius 2 is 1.58 bits per heavy atom. The highest BCUT2D eigenvalue weighted by Crippen LogP contribution is 2.39. The third-order valence-corrected chi connectivity index (χ3v) is 8.01. The minimum absolute atomic E-state index is 0.294. The molecule has 2 unspecified atom stereocenters. The van der Waals surface area contributed by atoms with E-state index in [1.807, 2.05) is 32.0 Å². The summed E-state index contributed by atoms with van der Waals surface area (Å²) in [6, 6.07) is 11.0. The van der Waals surface area contributed by atoms with Crippen molar-refractivity contribution in [1.82, 2.24) is 4.98 Å². The standard InChI is InChI=1S/C33H46F3N3O4/c1-9-22-12-14-24(25(10-2)39-22)27-15-21-11-13-23(16-26(21)43-27)41-19-31(7,18-33(34,35)36)20-42-28(40)30(5,6)32(8,38)17-29(3,4)37/h11-16H,9-10,17-20,37-38H2,1-8H3. The fourth-order valence-corrected chi connectivity index (χ4v) is 5.18. The van der Waals surface area contributed by atoms with Gasteiger partial charge in [-0.3, -0.25) is 9.78 Å². The second-order valence-corrected chi connectivity index (χ2v) is 13.5. The van der Waals surface area contributed by atoms with E-state index in [1.165, 1.54) is 6.92 Å². The molecule has 0 fully saturated rings. The van der Waals surface area contributed by atoms with E-state index in [4.69, 9.17) is 30.3 Å². The van der Waals surface area contributed by atoms with Gasteiger partial charge in [0.25, 0.3) is 0 Å². The van der Waals surface area contributed by atoms with Crippen molar-refractivity contribution >= 4 is 16.9 Å². The highest BCUT2D eigenvalue weighted by atomic mass is 19.4. The molecular formula is C33H46F3N3O4. The molecule has 2 heterocycles. The number of aromatic nitrogens is 1. The summed E-state index contributed by atoms with van der Waals surface area (Å²) in [6.07, 6.45) is -3.86. The Morgan fingerprint density at radius 1 is 0.907 bits per heavy atom. The Balaban J connectivity index is 1.78. The van der Waals surface area contributed by atoms with Gasteiger partial charge in [-0.15, -0.1) is 0 Å². The van der Waals surface area contributed by atoms with Gasteiger partial charge >= 0.3 is 12.1 Å². The van der Waals surface area contributed by atoms with Gasteiger partial charge in [-0.25, -0.2) is 0 Å². The molecular weight excluding hydrogens is 559 g/mol. The van der Waals surface area contributed by atoms with Gasteiger partial charge in [0.15, 0.2) is 0 Å². The van der Waals surface area contributed by atoms with Crippen molar-refractivity contribution in [3.63, 3.8) is 0 Å². The van der Waals surface area contributed by atoms with Gasteiger partial charge in [0, 0.05) is 39.2 Å². The van der Waals surface area contributed by atoms with Crippen LogP contribution < -0.4 is 16.2 Å². The number of benzene rings is 1. The summed E-state index contributed by atoms with van der Waals surface area (Å²) in [5.74, 6) is 0.288. The molecule has 2 atom stereocenters. The first-order valence-electron chi connectivity index (χ1n) is 14.7. The van der Waals surface area contributed by atoms with Gasteiger partial charge < -0.3 is 25.4 Å². The predicted molar refractivity (Wildman–Crippen MR) is 163 cm³/mol. The molecule has 1 aromatic carbocycles. The molecule has 0 aliphatic carbocycles. The number of halogens is 3. The fourth-order valence-electron chi connectivity index (χ4n) is 5.18. The lowest BCUT2D eigenvalue weighted by molar-refractivity contribution is -0.180. The number of hydrogen-bond acceptors (Lipinski definition) is 7. The third kappa shape index (κ3) is 8.72. The molecule has 238 valence electrons. The highest BCUT2D eigenvalue weighted by Gasteiger charge is 2.48. The molecule has 0 saturated heterocycles. The van der Waals surface area contributed by atoms with Gasteiger partial charge in [0.1, 0.15) is 23.7 Å². The van der Waals surface area contributed by atoms with Gasteiger partial charge in [0.2, 0.25) is 0 Å². The maximum atomic E-state index is 13.6. The van der Waals surface area contributed by atoms with Gasteiger partial charge in [-0.05, 0) is 84.2 Å². The SMILES string of the molecule is CCc1ccc(-c2cc3ccc(OCC(C)(COC(=O)C(C)(C)C(C)(N)CC(C)(C)N)CC(F)(F)F)cc3o2)c(CC)n1. The van der Waals surface area contributed by atoms with E-state index >= 15 is 0 Å². The maximum absolute atomic E-state index is 13.6. The number of nitrogens with zero attached hydrogens (tertiary/aromatic N) is 1. The summed E-state index contributed by atoms with van der Waals surface area (Å²) < 4.78 is 58.4. The van der Waals surface area contributed by atoms with Crippen molar-refractivity contribution < 1.29 is 31.9 Å². The molecule has 0 radical (unpaired) electrons. The molecule has 0 aliphatic rings. The van der Waals surface area contributed by atoms with Crippen LogP contribution >= 0.6 is 0 Å². The van der Waals surface area contributed by atoms with Crippen molar-refractivity contribution in [2.75, 3.05) is 13.2 Å². The zero-order chi connectivity index (χ0) is 32.4. The molecule has 10 heteroatoms. The van der Waals surface area contributed by atoms with Gasteiger partial charge in [0.05, 0.1) is 24.1 Å². The summed E-state index contributed by atoms with van der Waals surface area (Å²) in [4.78, 5) is 17.9. The third-order valence-electron chi connectivity index (χ3n) is 8.01. The quantitative estimate of drug-likeness (QED) is 0.196. The number of carbonyl (C=O) groups is 1. The van der Waals surface area contributed by atoms with Crippen LogP contribution in [0.4, 0.5) is 13.2 Å². The van der Waals surface area contributed by atoms with Crippen LogP contribution in [0.15, 0.2) is 40.8 Å². The molecule has 0 amide bonds. The number of ether oxygens (including phenoxy) is 2. The molecule has 2 aromatic heterocycles. The molecule has 7 nitrogen and oxygen atoms in total. The normalized spacial score (nSPS) is 15.7. The monoisotopic (exact) mass is 605 g/mol. The zero-order valence-electron chi connectivity index (χ0n) is 26.6. The number of esters is 1. The van der Waals surface area contributed by atoms with Crippen LogP contribution in [0.25, 0.3) is 22.3 Å². The smallest absolute Gasteiger partial charge is 0.389 e. The first-order chi connectivity index (χ1) is 19.7. The fraction of sp³-hybridized carbons (Fsp3) is 0.576. The Bertz CT molecular complexity index is 1420. The zero-order valence-corrected chi connectivity index (χ0v) is 26.6.